The number of nitrogens with one attached hydrogen (secondary N) is 2. The van der Waals surface area contributed by atoms with E-state index in [1.807, 2.05) is 32.0 Å². The Hall–Kier alpha value is -2.37. The Kier molecular flexibility index (Phi) is 6.35. The third kappa shape index (κ3) is 4.34. The molecule has 2 amide bonds. The average Bonchev–Trinajstić information content (AvgIpc) is 3.00. The Morgan fingerprint density at radius 1 is 1.25 bits per heavy atom. The number of nitrogens with zero attached hydrogens (tertiary/aromatic N) is 2. The summed E-state index contributed by atoms with van der Waals surface area (Å²) in [5, 5.41) is 9.98. The van der Waals surface area contributed by atoms with Gasteiger partial charge in [-0.1, -0.05) is 38.9 Å². The van der Waals surface area contributed by atoms with E-state index < -0.39 is 0 Å². The van der Waals surface area contributed by atoms with E-state index in [1.54, 1.807) is 6.20 Å². The molecule has 2 rings (SSSR count). The summed E-state index contributed by atoms with van der Waals surface area (Å²) in [4.78, 5) is 16.7. The van der Waals surface area contributed by atoms with Crippen LogP contribution in [-0.2, 0) is 19.4 Å². The SMILES string of the molecule is CCc1noc(CC)c1CNC(=O)N[C@H](c1ccccn1)C(C)C. The van der Waals surface area contributed by atoms with E-state index in [4.69, 9.17) is 4.52 Å². The lowest BCUT2D eigenvalue weighted by Gasteiger charge is -2.22. The molecule has 2 N–H and O–H groups in total. The summed E-state index contributed by atoms with van der Waals surface area (Å²) >= 11 is 0. The molecule has 0 saturated heterocycles. The molecule has 0 radical (unpaired) electrons. The molecular weight excluding hydrogens is 304 g/mol. The molecule has 0 aliphatic heterocycles. The minimum absolute atomic E-state index is 0.134. The number of amides is 2. The fourth-order valence-electron chi connectivity index (χ4n) is 2.64. The molecule has 2 heterocycles. The molecule has 2 aromatic heterocycles. The van der Waals surface area contributed by atoms with E-state index in [1.165, 1.54) is 0 Å². The summed E-state index contributed by atoms with van der Waals surface area (Å²) < 4.78 is 5.33. The van der Waals surface area contributed by atoms with Crippen LogP contribution in [0, 0.1) is 5.92 Å². The minimum atomic E-state index is -0.218. The third-order valence-corrected chi connectivity index (χ3v) is 3.99. The van der Waals surface area contributed by atoms with E-state index in [0.29, 0.717) is 6.54 Å². The molecule has 130 valence electrons. The summed E-state index contributed by atoms with van der Waals surface area (Å²) in [7, 11) is 0. The molecule has 1 atom stereocenters. The smallest absolute Gasteiger partial charge is 0.315 e. The van der Waals surface area contributed by atoms with Crippen LogP contribution in [0.4, 0.5) is 4.79 Å². The van der Waals surface area contributed by atoms with Crippen LogP contribution in [0.3, 0.4) is 0 Å². The average molecular weight is 330 g/mol. The highest BCUT2D eigenvalue weighted by Gasteiger charge is 2.20. The zero-order valence-electron chi connectivity index (χ0n) is 14.8. The molecule has 0 unspecified atom stereocenters. The molecule has 0 aliphatic carbocycles. The van der Waals surface area contributed by atoms with Gasteiger partial charge in [0, 0.05) is 24.7 Å². The van der Waals surface area contributed by atoms with Crippen LogP contribution in [0.2, 0.25) is 0 Å². The third-order valence-electron chi connectivity index (χ3n) is 3.99. The van der Waals surface area contributed by atoms with Crippen LogP contribution in [0.15, 0.2) is 28.9 Å². The summed E-state index contributed by atoms with van der Waals surface area (Å²) in [6.45, 7) is 8.57. The lowest BCUT2D eigenvalue weighted by Crippen LogP contribution is -2.39. The molecule has 6 heteroatoms. The second kappa shape index (κ2) is 8.47. The maximum atomic E-state index is 12.3. The van der Waals surface area contributed by atoms with Crippen LogP contribution < -0.4 is 10.6 Å². The van der Waals surface area contributed by atoms with Crippen LogP contribution in [0.25, 0.3) is 0 Å². The fourth-order valence-corrected chi connectivity index (χ4v) is 2.64. The Balaban J connectivity index is 2.01. The van der Waals surface area contributed by atoms with Gasteiger partial charge >= 0.3 is 6.03 Å². The zero-order chi connectivity index (χ0) is 17.5. The summed E-state index contributed by atoms with van der Waals surface area (Å²) in [5.74, 6) is 1.07. The molecule has 0 saturated carbocycles. The van der Waals surface area contributed by atoms with Gasteiger partial charge in [0.15, 0.2) is 0 Å². The highest BCUT2D eigenvalue weighted by molar-refractivity contribution is 5.74. The second-order valence-corrected chi connectivity index (χ2v) is 6.04. The van der Waals surface area contributed by atoms with Crippen molar-refractivity contribution in [2.24, 2.45) is 5.92 Å². The first-order valence-electron chi connectivity index (χ1n) is 8.48. The first-order chi connectivity index (χ1) is 11.6. The van der Waals surface area contributed by atoms with E-state index >= 15 is 0 Å². The van der Waals surface area contributed by atoms with Crippen molar-refractivity contribution < 1.29 is 9.32 Å². The molecule has 0 aromatic carbocycles. The first-order valence-corrected chi connectivity index (χ1v) is 8.48. The van der Waals surface area contributed by atoms with Crippen LogP contribution >= 0.6 is 0 Å². The maximum absolute atomic E-state index is 12.3. The molecule has 0 aliphatic rings. The Labute approximate surface area is 143 Å². The minimum Gasteiger partial charge on any atom is -0.361 e. The highest BCUT2D eigenvalue weighted by Crippen LogP contribution is 2.19. The van der Waals surface area contributed by atoms with Crippen molar-refractivity contribution in [2.75, 3.05) is 0 Å². The van der Waals surface area contributed by atoms with Crippen molar-refractivity contribution in [3.8, 4) is 0 Å². The number of carbonyl (C=O) groups is 1. The van der Waals surface area contributed by atoms with E-state index in [2.05, 4.69) is 34.6 Å². The number of hydrogen-bond donors (Lipinski definition) is 2. The fraction of sp³-hybridized carbons (Fsp3) is 0.500. The van der Waals surface area contributed by atoms with Crippen molar-refractivity contribution in [1.82, 2.24) is 20.8 Å². The normalized spacial score (nSPS) is 12.2. The number of hydrogen-bond acceptors (Lipinski definition) is 4. The van der Waals surface area contributed by atoms with Gasteiger partial charge in [-0.3, -0.25) is 4.98 Å². The van der Waals surface area contributed by atoms with Crippen molar-refractivity contribution in [3.63, 3.8) is 0 Å². The zero-order valence-corrected chi connectivity index (χ0v) is 14.8. The predicted molar refractivity (Wildman–Crippen MR) is 92.4 cm³/mol. The number of rotatable bonds is 7. The van der Waals surface area contributed by atoms with Gasteiger partial charge in [-0.2, -0.15) is 0 Å². The molecule has 0 fully saturated rings. The lowest BCUT2D eigenvalue weighted by molar-refractivity contribution is 0.232. The molecular formula is C18H26N4O2. The van der Waals surface area contributed by atoms with Gasteiger partial charge in [-0.15, -0.1) is 0 Å². The van der Waals surface area contributed by atoms with Crippen molar-refractivity contribution in [2.45, 2.75) is 53.1 Å². The number of pyridine rings is 1. The molecule has 24 heavy (non-hydrogen) atoms. The topological polar surface area (TPSA) is 80.0 Å². The standard InChI is InChI=1S/C18H26N4O2/c1-5-14-13(16(6-2)24-22-14)11-20-18(23)21-17(12(3)4)15-9-7-8-10-19-15/h7-10,12,17H,5-6,11H2,1-4H3,(H2,20,21,23)/t17-/m0/s1. The van der Waals surface area contributed by atoms with E-state index in [9.17, 15) is 4.79 Å². The molecule has 0 bridgehead atoms. The van der Waals surface area contributed by atoms with Crippen molar-refractivity contribution >= 4 is 6.03 Å². The van der Waals surface area contributed by atoms with Crippen molar-refractivity contribution in [1.29, 1.82) is 0 Å². The van der Waals surface area contributed by atoms with E-state index in [0.717, 1.165) is 35.6 Å². The monoisotopic (exact) mass is 330 g/mol. The number of aromatic nitrogens is 2. The highest BCUT2D eigenvalue weighted by atomic mass is 16.5. The number of urea groups is 1. The van der Waals surface area contributed by atoms with Gasteiger partial charge in [0.25, 0.3) is 0 Å². The summed E-state index contributed by atoms with van der Waals surface area (Å²) in [6.07, 6.45) is 3.28. The quantitative estimate of drug-likeness (QED) is 0.815. The van der Waals surface area contributed by atoms with Crippen LogP contribution in [0.5, 0.6) is 0 Å². The first kappa shape index (κ1) is 18.0. The number of aryl methyl sites for hydroxylation is 2. The maximum Gasteiger partial charge on any atom is 0.315 e. The Morgan fingerprint density at radius 3 is 2.62 bits per heavy atom. The van der Waals surface area contributed by atoms with Gasteiger partial charge in [0.05, 0.1) is 17.4 Å². The van der Waals surface area contributed by atoms with Gasteiger partial charge < -0.3 is 15.2 Å². The van der Waals surface area contributed by atoms with Gasteiger partial charge in [0.1, 0.15) is 5.76 Å². The molecule has 6 nitrogen and oxygen atoms in total. The largest absolute Gasteiger partial charge is 0.361 e. The summed E-state index contributed by atoms with van der Waals surface area (Å²) in [6, 6.07) is 5.37. The Morgan fingerprint density at radius 2 is 2.04 bits per heavy atom. The van der Waals surface area contributed by atoms with Gasteiger partial charge in [-0.05, 0) is 24.5 Å². The number of carbonyl (C=O) groups excluding carboxylic acids is 1. The van der Waals surface area contributed by atoms with E-state index in [-0.39, 0.29) is 18.0 Å². The van der Waals surface area contributed by atoms with Crippen molar-refractivity contribution in [3.05, 3.63) is 47.1 Å². The van der Waals surface area contributed by atoms with Gasteiger partial charge in [0.2, 0.25) is 0 Å². The second-order valence-electron chi connectivity index (χ2n) is 6.04. The van der Waals surface area contributed by atoms with Crippen LogP contribution in [-0.4, -0.2) is 16.2 Å². The van der Waals surface area contributed by atoms with Crippen LogP contribution in [0.1, 0.15) is 56.4 Å². The lowest BCUT2D eigenvalue weighted by atomic mass is 10.0. The summed E-state index contributed by atoms with van der Waals surface area (Å²) in [5.41, 5.74) is 2.74. The Bertz CT molecular complexity index is 631. The molecule has 0 spiro atoms. The molecule has 2 aromatic rings. The predicted octanol–water partition coefficient (Wildman–Crippen LogP) is 3.39. The van der Waals surface area contributed by atoms with Gasteiger partial charge in [-0.25, -0.2) is 4.79 Å².